The Labute approximate surface area is 148 Å². The highest BCUT2D eigenvalue weighted by molar-refractivity contribution is 6.10. The van der Waals surface area contributed by atoms with E-state index in [1.165, 1.54) is 7.11 Å². The van der Waals surface area contributed by atoms with E-state index in [0.29, 0.717) is 25.0 Å². The Morgan fingerprint density at radius 1 is 1.12 bits per heavy atom. The number of nitrogens with zero attached hydrogens (tertiary/aromatic N) is 1. The molecule has 0 spiro atoms. The largest absolute Gasteiger partial charge is 0.469 e. The number of Topliss-reactive ketones (excluding diaryl/α,β-unsaturated/α-hetero) is 2. The molecule has 138 valence electrons. The molecule has 0 bridgehead atoms. The lowest BCUT2D eigenvalue weighted by molar-refractivity contribution is -0.140. The van der Waals surface area contributed by atoms with Crippen molar-refractivity contribution in [2.24, 2.45) is 22.9 Å². The summed E-state index contributed by atoms with van der Waals surface area (Å²) in [6.45, 7) is 0. The van der Waals surface area contributed by atoms with Crippen LogP contribution in [-0.4, -0.2) is 36.5 Å². The molecular formula is C19H27NO5. The molecule has 0 aromatic rings. The maximum absolute atomic E-state index is 12.3. The predicted molar refractivity (Wildman–Crippen MR) is 91.0 cm³/mol. The lowest BCUT2D eigenvalue weighted by Gasteiger charge is -2.20. The summed E-state index contributed by atoms with van der Waals surface area (Å²) in [6, 6.07) is 0. The minimum Gasteiger partial charge on any atom is -0.469 e. The number of methoxy groups -OCH3 is 1. The quantitative estimate of drug-likeness (QED) is 0.497. The SMILES string of the molecule is COC(=O)CCCCCCC1C(=O)CCC1C1=NOC2CCC(=O)C12. The second-order valence-corrected chi connectivity index (χ2v) is 7.39. The van der Waals surface area contributed by atoms with Crippen LogP contribution < -0.4 is 0 Å². The zero-order valence-corrected chi connectivity index (χ0v) is 14.9. The number of carbonyl (C=O) groups excluding carboxylic acids is 3. The normalized spacial score (nSPS) is 31.0. The smallest absolute Gasteiger partial charge is 0.305 e. The van der Waals surface area contributed by atoms with Crippen molar-refractivity contribution in [3.63, 3.8) is 0 Å². The fourth-order valence-electron chi connectivity index (χ4n) is 4.48. The highest BCUT2D eigenvalue weighted by atomic mass is 16.6. The topological polar surface area (TPSA) is 82.0 Å². The zero-order chi connectivity index (χ0) is 17.8. The summed E-state index contributed by atoms with van der Waals surface area (Å²) in [5.74, 6) is 0.229. The number of carbonyl (C=O) groups is 3. The molecule has 1 heterocycles. The summed E-state index contributed by atoms with van der Waals surface area (Å²) in [6.07, 6.45) is 7.67. The Morgan fingerprint density at radius 2 is 1.88 bits per heavy atom. The molecule has 4 unspecified atom stereocenters. The van der Waals surface area contributed by atoms with Crippen molar-refractivity contribution in [2.75, 3.05) is 7.11 Å². The highest BCUT2D eigenvalue weighted by Gasteiger charge is 2.50. The van der Waals surface area contributed by atoms with Gasteiger partial charge in [-0.2, -0.15) is 0 Å². The van der Waals surface area contributed by atoms with Crippen LogP contribution in [0.5, 0.6) is 0 Å². The Hall–Kier alpha value is -1.72. The van der Waals surface area contributed by atoms with Gasteiger partial charge in [-0.25, -0.2) is 0 Å². The van der Waals surface area contributed by atoms with E-state index < -0.39 is 0 Å². The molecule has 0 aromatic carbocycles. The third-order valence-corrected chi connectivity index (χ3v) is 5.86. The summed E-state index contributed by atoms with van der Waals surface area (Å²) in [5, 5.41) is 4.22. The number of fused-ring (bicyclic) bond motifs is 1. The molecule has 4 atom stereocenters. The van der Waals surface area contributed by atoms with Gasteiger partial charge in [0, 0.05) is 31.1 Å². The van der Waals surface area contributed by atoms with Crippen LogP contribution in [-0.2, 0) is 24.0 Å². The highest BCUT2D eigenvalue weighted by Crippen LogP contribution is 2.41. The number of oxime groups is 1. The van der Waals surface area contributed by atoms with Crippen LogP contribution in [0.15, 0.2) is 5.16 Å². The van der Waals surface area contributed by atoms with Crippen molar-refractivity contribution < 1.29 is 24.0 Å². The number of esters is 1. The molecule has 2 saturated carbocycles. The first-order chi connectivity index (χ1) is 12.1. The van der Waals surface area contributed by atoms with Gasteiger partial charge in [0.15, 0.2) is 0 Å². The van der Waals surface area contributed by atoms with Crippen LogP contribution in [0.4, 0.5) is 0 Å². The van der Waals surface area contributed by atoms with Crippen molar-refractivity contribution in [1.29, 1.82) is 0 Å². The first-order valence-electron chi connectivity index (χ1n) is 9.47. The van der Waals surface area contributed by atoms with E-state index in [1.807, 2.05) is 0 Å². The Bertz CT molecular complexity index is 570. The van der Waals surface area contributed by atoms with Crippen molar-refractivity contribution >= 4 is 23.2 Å². The first kappa shape index (κ1) is 18.1. The van der Waals surface area contributed by atoms with Gasteiger partial charge in [-0.15, -0.1) is 0 Å². The van der Waals surface area contributed by atoms with Crippen molar-refractivity contribution in [1.82, 2.24) is 0 Å². The molecule has 0 aromatic heterocycles. The molecule has 0 radical (unpaired) electrons. The minimum atomic E-state index is -0.196. The molecule has 6 nitrogen and oxygen atoms in total. The van der Waals surface area contributed by atoms with E-state index >= 15 is 0 Å². The van der Waals surface area contributed by atoms with Gasteiger partial charge in [-0.05, 0) is 25.7 Å². The second kappa shape index (κ2) is 8.11. The third kappa shape index (κ3) is 3.93. The monoisotopic (exact) mass is 349 g/mol. The molecule has 6 heteroatoms. The van der Waals surface area contributed by atoms with Crippen LogP contribution in [0.25, 0.3) is 0 Å². The minimum absolute atomic E-state index is 0.0184. The Balaban J connectivity index is 1.48. The average molecular weight is 349 g/mol. The van der Waals surface area contributed by atoms with Crippen LogP contribution in [0.2, 0.25) is 0 Å². The molecular weight excluding hydrogens is 322 g/mol. The standard InChI is InChI=1S/C19H27NO5/c1-24-17(23)7-5-3-2-4-6-12-13(8-9-14(12)21)19-18-15(22)10-11-16(18)25-20-19/h12-13,16,18H,2-11H2,1H3. The lowest BCUT2D eigenvalue weighted by atomic mass is 9.81. The number of unbranched alkanes of at least 4 members (excludes halogenated alkanes) is 3. The van der Waals surface area contributed by atoms with Crippen LogP contribution in [0, 0.1) is 17.8 Å². The molecule has 3 rings (SSSR count). The molecule has 0 N–H and O–H groups in total. The van der Waals surface area contributed by atoms with Crippen molar-refractivity contribution in [3.05, 3.63) is 0 Å². The first-order valence-corrected chi connectivity index (χ1v) is 9.47. The van der Waals surface area contributed by atoms with Gasteiger partial charge in [0.2, 0.25) is 0 Å². The summed E-state index contributed by atoms with van der Waals surface area (Å²) in [7, 11) is 1.41. The van der Waals surface area contributed by atoms with Crippen molar-refractivity contribution in [3.8, 4) is 0 Å². The summed E-state index contributed by atoms with van der Waals surface area (Å²) >= 11 is 0. The van der Waals surface area contributed by atoms with E-state index in [9.17, 15) is 14.4 Å². The molecule has 25 heavy (non-hydrogen) atoms. The van der Waals surface area contributed by atoms with Gasteiger partial charge in [0.05, 0.1) is 18.7 Å². The number of hydrogen-bond acceptors (Lipinski definition) is 6. The second-order valence-electron chi connectivity index (χ2n) is 7.39. The molecule has 1 aliphatic heterocycles. The van der Waals surface area contributed by atoms with E-state index in [1.54, 1.807) is 0 Å². The maximum Gasteiger partial charge on any atom is 0.305 e. The third-order valence-electron chi connectivity index (χ3n) is 5.86. The number of rotatable bonds is 8. The molecule has 2 fully saturated rings. The molecule has 0 amide bonds. The summed E-state index contributed by atoms with van der Waals surface area (Å²) in [5.41, 5.74) is 0.842. The predicted octanol–water partition coefficient (Wildman–Crippen LogP) is 2.83. The van der Waals surface area contributed by atoms with E-state index in [-0.39, 0.29) is 35.6 Å². The van der Waals surface area contributed by atoms with Gasteiger partial charge in [0.1, 0.15) is 17.7 Å². The van der Waals surface area contributed by atoms with Gasteiger partial charge in [0.25, 0.3) is 0 Å². The zero-order valence-electron chi connectivity index (χ0n) is 14.9. The van der Waals surface area contributed by atoms with E-state index in [2.05, 4.69) is 9.89 Å². The Kier molecular flexibility index (Phi) is 5.86. The van der Waals surface area contributed by atoms with Crippen molar-refractivity contribution in [2.45, 2.75) is 70.3 Å². The van der Waals surface area contributed by atoms with E-state index in [0.717, 1.165) is 50.7 Å². The van der Waals surface area contributed by atoms with E-state index in [4.69, 9.17) is 4.84 Å². The Morgan fingerprint density at radius 3 is 2.68 bits per heavy atom. The fourth-order valence-corrected chi connectivity index (χ4v) is 4.48. The lowest BCUT2D eigenvalue weighted by Crippen LogP contribution is -2.32. The van der Waals surface area contributed by atoms with Crippen LogP contribution in [0.1, 0.15) is 64.2 Å². The molecule has 0 saturated heterocycles. The van der Waals surface area contributed by atoms with Gasteiger partial charge >= 0.3 is 5.97 Å². The fraction of sp³-hybridized carbons (Fsp3) is 0.789. The number of ether oxygens (including phenoxy) is 1. The molecule has 3 aliphatic rings. The van der Waals surface area contributed by atoms with Gasteiger partial charge in [-0.1, -0.05) is 24.4 Å². The number of ketones is 2. The average Bonchev–Trinajstić information content (AvgIpc) is 3.28. The van der Waals surface area contributed by atoms with Crippen LogP contribution >= 0.6 is 0 Å². The summed E-state index contributed by atoms with van der Waals surface area (Å²) in [4.78, 5) is 41.0. The maximum atomic E-state index is 12.3. The summed E-state index contributed by atoms with van der Waals surface area (Å²) < 4.78 is 4.63. The van der Waals surface area contributed by atoms with Gasteiger partial charge in [-0.3, -0.25) is 14.4 Å². The van der Waals surface area contributed by atoms with Crippen LogP contribution in [0.3, 0.4) is 0 Å². The number of hydrogen-bond donors (Lipinski definition) is 0. The molecule has 2 aliphatic carbocycles. The van der Waals surface area contributed by atoms with Gasteiger partial charge < -0.3 is 9.57 Å².